The number of halogens is 3. The summed E-state index contributed by atoms with van der Waals surface area (Å²) in [4.78, 5) is 45.7. The highest BCUT2D eigenvalue weighted by molar-refractivity contribution is 7.98. The number of likely N-dealkylation sites (tertiary alicyclic amines) is 2. The maximum Gasteiger partial charge on any atom is 0.471 e. The van der Waals surface area contributed by atoms with E-state index in [0.29, 0.717) is 61.6 Å². The zero-order valence-corrected chi connectivity index (χ0v) is 20.6. The van der Waals surface area contributed by atoms with Crippen LogP contribution in [0.25, 0.3) is 0 Å². The molecule has 0 bridgehead atoms. The summed E-state index contributed by atoms with van der Waals surface area (Å²) in [6.45, 7) is 1.81. The van der Waals surface area contributed by atoms with Gasteiger partial charge in [-0.15, -0.1) is 11.8 Å². The van der Waals surface area contributed by atoms with Gasteiger partial charge in [-0.3, -0.25) is 14.4 Å². The molecule has 2 aliphatic heterocycles. The lowest BCUT2D eigenvalue weighted by atomic mass is 9.77. The van der Waals surface area contributed by atoms with Crippen LogP contribution in [0, 0.1) is 5.41 Å². The Kier molecular flexibility index (Phi) is 7.58. The highest BCUT2D eigenvalue weighted by Gasteiger charge is 2.46. The molecule has 2 aromatic rings. The monoisotopic (exact) mass is 520 g/mol. The van der Waals surface area contributed by atoms with E-state index < -0.39 is 24.0 Å². The standard InChI is InChI=1S/C25H27F3N4O3S/c1-36-20-18(8-5-12-29-20)21(33)31-13-9-24(10-14-31)11-15-32(16-24)22(34)19(17-6-3-2-4-7-17)30-23(35)25(26,27)28/h2-8,12,19H,9-11,13-16H2,1H3,(H,30,35). The minimum absolute atomic E-state index is 0.0766. The van der Waals surface area contributed by atoms with Crippen LogP contribution >= 0.6 is 11.8 Å². The highest BCUT2D eigenvalue weighted by atomic mass is 32.2. The maximum atomic E-state index is 13.3. The van der Waals surface area contributed by atoms with E-state index in [9.17, 15) is 27.6 Å². The smallest absolute Gasteiger partial charge is 0.340 e. The molecule has 2 aliphatic rings. The molecule has 1 N–H and O–H groups in total. The molecule has 36 heavy (non-hydrogen) atoms. The second kappa shape index (κ2) is 10.5. The molecule has 0 radical (unpaired) electrons. The van der Waals surface area contributed by atoms with E-state index in [2.05, 4.69) is 4.98 Å². The van der Waals surface area contributed by atoms with Crippen LogP contribution in [-0.4, -0.2) is 71.1 Å². The summed E-state index contributed by atoms with van der Waals surface area (Å²) in [7, 11) is 0. The van der Waals surface area contributed by atoms with Crippen LogP contribution in [0.2, 0.25) is 0 Å². The number of aromatic nitrogens is 1. The van der Waals surface area contributed by atoms with Gasteiger partial charge in [0.15, 0.2) is 0 Å². The first-order valence-electron chi connectivity index (χ1n) is 11.6. The second-order valence-electron chi connectivity index (χ2n) is 9.18. The fraction of sp³-hybridized carbons (Fsp3) is 0.440. The van der Waals surface area contributed by atoms with Crippen molar-refractivity contribution in [3.8, 4) is 0 Å². The van der Waals surface area contributed by atoms with Crippen molar-refractivity contribution in [3.63, 3.8) is 0 Å². The SMILES string of the molecule is CSc1ncccc1C(=O)N1CCC2(CC1)CCN(C(=O)C(NC(=O)C(F)(F)F)c1ccccc1)C2. The van der Waals surface area contributed by atoms with Gasteiger partial charge >= 0.3 is 12.1 Å². The molecule has 11 heteroatoms. The van der Waals surface area contributed by atoms with Crippen molar-refractivity contribution in [3.05, 3.63) is 59.8 Å². The van der Waals surface area contributed by atoms with Crippen LogP contribution in [0.1, 0.15) is 41.2 Å². The Morgan fingerprint density at radius 1 is 1.00 bits per heavy atom. The molecule has 192 valence electrons. The predicted molar refractivity (Wildman–Crippen MR) is 128 cm³/mol. The zero-order valence-electron chi connectivity index (χ0n) is 19.8. The van der Waals surface area contributed by atoms with Crippen LogP contribution in [0.15, 0.2) is 53.7 Å². The van der Waals surface area contributed by atoms with E-state index in [4.69, 9.17) is 0 Å². The number of alkyl halides is 3. The molecule has 0 saturated carbocycles. The summed E-state index contributed by atoms with van der Waals surface area (Å²) in [5.41, 5.74) is 0.650. The number of pyridine rings is 1. The highest BCUT2D eigenvalue weighted by Crippen LogP contribution is 2.41. The van der Waals surface area contributed by atoms with E-state index in [1.807, 2.05) is 11.6 Å². The van der Waals surface area contributed by atoms with Crippen molar-refractivity contribution in [2.24, 2.45) is 5.41 Å². The number of carbonyl (C=O) groups is 3. The van der Waals surface area contributed by atoms with E-state index in [-0.39, 0.29) is 11.3 Å². The molecule has 3 amide bonds. The third-order valence-electron chi connectivity index (χ3n) is 6.97. The molecule has 1 unspecified atom stereocenters. The molecule has 7 nitrogen and oxygen atoms in total. The number of hydrogen-bond acceptors (Lipinski definition) is 5. The Morgan fingerprint density at radius 3 is 2.25 bits per heavy atom. The third kappa shape index (κ3) is 5.50. The van der Waals surface area contributed by atoms with E-state index in [1.54, 1.807) is 46.3 Å². The van der Waals surface area contributed by atoms with Crippen LogP contribution < -0.4 is 5.32 Å². The number of rotatable bonds is 5. The summed E-state index contributed by atoms with van der Waals surface area (Å²) in [5.74, 6) is -2.79. The van der Waals surface area contributed by atoms with E-state index >= 15 is 0 Å². The Labute approximate surface area is 211 Å². The number of thioether (sulfide) groups is 1. The van der Waals surface area contributed by atoms with Gasteiger partial charge in [0, 0.05) is 32.4 Å². The third-order valence-corrected chi connectivity index (χ3v) is 7.68. The summed E-state index contributed by atoms with van der Waals surface area (Å²) in [6, 6.07) is 10.0. The van der Waals surface area contributed by atoms with Crippen LogP contribution in [0.5, 0.6) is 0 Å². The first-order chi connectivity index (χ1) is 17.1. The number of carbonyl (C=O) groups excluding carboxylic acids is 3. The summed E-state index contributed by atoms with van der Waals surface area (Å²) < 4.78 is 38.8. The van der Waals surface area contributed by atoms with Gasteiger partial charge in [-0.1, -0.05) is 30.3 Å². The van der Waals surface area contributed by atoms with Gasteiger partial charge in [0.25, 0.3) is 5.91 Å². The summed E-state index contributed by atoms with van der Waals surface area (Å²) >= 11 is 1.41. The number of amides is 3. The quantitative estimate of drug-likeness (QED) is 0.609. The van der Waals surface area contributed by atoms with Gasteiger partial charge < -0.3 is 15.1 Å². The van der Waals surface area contributed by atoms with Crippen molar-refractivity contribution in [1.82, 2.24) is 20.1 Å². The minimum Gasteiger partial charge on any atom is -0.340 e. The van der Waals surface area contributed by atoms with Crippen molar-refractivity contribution >= 4 is 29.5 Å². The van der Waals surface area contributed by atoms with Crippen LogP contribution in [-0.2, 0) is 9.59 Å². The number of nitrogens with zero attached hydrogens (tertiary/aromatic N) is 3. The fourth-order valence-electron chi connectivity index (χ4n) is 4.93. The molecular weight excluding hydrogens is 493 g/mol. The van der Waals surface area contributed by atoms with E-state index in [0.717, 1.165) is 0 Å². The largest absolute Gasteiger partial charge is 0.471 e. The Hall–Kier alpha value is -3.08. The molecule has 1 aromatic heterocycles. The van der Waals surface area contributed by atoms with Crippen molar-refractivity contribution < 1.29 is 27.6 Å². The fourth-order valence-corrected chi connectivity index (χ4v) is 5.47. The molecular formula is C25H27F3N4O3S. The minimum atomic E-state index is -5.09. The summed E-state index contributed by atoms with van der Waals surface area (Å²) in [6.07, 6.45) is 0.485. The van der Waals surface area contributed by atoms with Gasteiger partial charge in [-0.05, 0) is 48.6 Å². The topological polar surface area (TPSA) is 82.6 Å². The number of benzene rings is 1. The Bertz CT molecular complexity index is 1120. The number of piperidine rings is 1. The lowest BCUT2D eigenvalue weighted by Crippen LogP contribution is -2.48. The van der Waals surface area contributed by atoms with Gasteiger partial charge in [-0.25, -0.2) is 4.98 Å². The van der Waals surface area contributed by atoms with Crippen LogP contribution in [0.4, 0.5) is 13.2 Å². The predicted octanol–water partition coefficient (Wildman–Crippen LogP) is 3.68. The van der Waals surface area contributed by atoms with Crippen molar-refractivity contribution in [2.75, 3.05) is 32.4 Å². The second-order valence-corrected chi connectivity index (χ2v) is 9.97. The molecule has 1 atom stereocenters. The van der Waals surface area contributed by atoms with Gasteiger partial charge in [0.05, 0.1) is 5.56 Å². The first kappa shape index (κ1) is 26.0. The molecule has 0 aliphatic carbocycles. The Morgan fingerprint density at radius 2 is 1.64 bits per heavy atom. The number of hydrogen-bond donors (Lipinski definition) is 1. The lowest BCUT2D eigenvalue weighted by Gasteiger charge is -2.39. The Balaban J connectivity index is 1.43. The first-order valence-corrected chi connectivity index (χ1v) is 12.9. The molecule has 3 heterocycles. The lowest BCUT2D eigenvalue weighted by molar-refractivity contribution is -0.175. The average molecular weight is 521 g/mol. The van der Waals surface area contributed by atoms with Gasteiger partial charge in [-0.2, -0.15) is 13.2 Å². The zero-order chi connectivity index (χ0) is 25.9. The summed E-state index contributed by atoms with van der Waals surface area (Å²) in [5, 5.41) is 2.55. The molecule has 4 rings (SSSR count). The average Bonchev–Trinajstić information content (AvgIpc) is 3.30. The van der Waals surface area contributed by atoms with E-state index in [1.165, 1.54) is 23.9 Å². The molecule has 2 fully saturated rings. The normalized spacial score (nSPS) is 18.2. The molecule has 1 aromatic carbocycles. The van der Waals surface area contributed by atoms with Crippen LogP contribution in [0.3, 0.4) is 0 Å². The van der Waals surface area contributed by atoms with Crippen molar-refractivity contribution in [2.45, 2.75) is 36.5 Å². The van der Waals surface area contributed by atoms with Crippen molar-refractivity contribution in [1.29, 1.82) is 0 Å². The molecule has 2 saturated heterocycles. The molecule has 1 spiro atoms. The maximum absolute atomic E-state index is 13.3. The van der Waals surface area contributed by atoms with Gasteiger partial charge in [0.1, 0.15) is 11.1 Å². The van der Waals surface area contributed by atoms with Gasteiger partial charge in [0.2, 0.25) is 5.91 Å². The number of nitrogens with one attached hydrogen (secondary N) is 1.